The van der Waals surface area contributed by atoms with Gasteiger partial charge >= 0.3 is 5.97 Å². The van der Waals surface area contributed by atoms with Gasteiger partial charge in [-0.3, -0.25) is 19.5 Å². The van der Waals surface area contributed by atoms with Gasteiger partial charge in [0.05, 0.1) is 33.9 Å². The molecule has 4 aromatic rings. The number of non-ortho nitro benzene ring substituents is 1. The monoisotopic (exact) mass is 637 g/mol. The predicted octanol–water partition coefficient (Wildman–Crippen LogP) is 5.13. The Morgan fingerprint density at radius 1 is 1.22 bits per heavy atom. The van der Waals surface area contributed by atoms with Gasteiger partial charge in [-0.25, -0.2) is 9.79 Å². The molecule has 12 heteroatoms. The Hall–Kier alpha value is -4.29. The number of fused-ring (bicyclic) bond motifs is 1. The molecule has 0 amide bonds. The molecule has 0 radical (unpaired) electrons. The van der Waals surface area contributed by atoms with Crippen LogP contribution >= 0.6 is 27.3 Å². The lowest BCUT2D eigenvalue weighted by Gasteiger charge is -2.26. The summed E-state index contributed by atoms with van der Waals surface area (Å²) in [4.78, 5) is 43.0. The number of furan rings is 1. The average Bonchev–Trinajstić information content (AvgIpc) is 3.51. The van der Waals surface area contributed by atoms with Gasteiger partial charge in [-0.05, 0) is 51.1 Å². The van der Waals surface area contributed by atoms with Crippen LogP contribution in [0.5, 0.6) is 5.75 Å². The van der Waals surface area contributed by atoms with Crippen molar-refractivity contribution in [2.45, 2.75) is 32.9 Å². The summed E-state index contributed by atoms with van der Waals surface area (Å²) < 4.78 is 19.6. The molecule has 0 unspecified atom stereocenters. The van der Waals surface area contributed by atoms with Crippen LogP contribution in [0.25, 0.3) is 17.4 Å². The number of esters is 1. The van der Waals surface area contributed by atoms with Crippen LogP contribution in [0.3, 0.4) is 0 Å². The second-order valence-electron chi connectivity index (χ2n) is 9.43. The number of hydrogen-bond donors (Lipinski definition) is 0. The number of ether oxygens (including phenoxy) is 2. The first kappa shape index (κ1) is 28.2. The molecule has 2 aromatic heterocycles. The molecule has 0 saturated heterocycles. The number of nitro groups is 1. The highest BCUT2D eigenvalue weighted by atomic mass is 79.9. The Kier molecular flexibility index (Phi) is 7.78. The van der Waals surface area contributed by atoms with Crippen LogP contribution in [0.1, 0.15) is 38.1 Å². The van der Waals surface area contributed by atoms with Gasteiger partial charge in [-0.2, -0.15) is 0 Å². The first-order valence-electron chi connectivity index (χ1n) is 12.5. The van der Waals surface area contributed by atoms with Gasteiger partial charge in [0.2, 0.25) is 0 Å². The number of allylic oxidation sites excluding steroid dienone is 1. The highest BCUT2D eigenvalue weighted by Crippen LogP contribution is 2.37. The molecule has 2 aromatic carbocycles. The van der Waals surface area contributed by atoms with Crippen molar-refractivity contribution in [1.29, 1.82) is 0 Å². The zero-order valence-corrected chi connectivity index (χ0v) is 24.8. The van der Waals surface area contributed by atoms with E-state index in [1.165, 1.54) is 23.8 Å². The van der Waals surface area contributed by atoms with Crippen LogP contribution in [-0.2, 0) is 9.53 Å². The lowest BCUT2D eigenvalue weighted by atomic mass is 9.95. The highest BCUT2D eigenvalue weighted by molar-refractivity contribution is 9.10. The maximum Gasteiger partial charge on any atom is 0.338 e. The average molecular weight is 638 g/mol. The standard InChI is InChI=1S/C29H24BrN3O7S/c1-15(2)39-28(35)25-16(3)31-29-32(26(25)21-13-18(30)8-10-23(21)38-4)27(34)24(41-29)14-20-9-11-22(40-20)17-6-5-7-19(12-17)33(36)37/h5-15,26H,1-4H3/b24-14-/t26-/m1/s1. The number of nitrogens with zero attached hydrogens (tertiary/aromatic N) is 3. The van der Waals surface area contributed by atoms with Crippen molar-refractivity contribution in [2.75, 3.05) is 7.11 Å². The minimum atomic E-state index is -0.857. The number of hydrogen-bond acceptors (Lipinski definition) is 9. The second kappa shape index (κ2) is 11.3. The fraction of sp³-hybridized carbons (Fsp3) is 0.207. The van der Waals surface area contributed by atoms with Gasteiger partial charge in [0.1, 0.15) is 23.3 Å². The van der Waals surface area contributed by atoms with E-state index in [0.29, 0.717) is 43.4 Å². The largest absolute Gasteiger partial charge is 0.496 e. The predicted molar refractivity (Wildman–Crippen MR) is 156 cm³/mol. The molecule has 0 N–H and O–H groups in total. The summed E-state index contributed by atoms with van der Waals surface area (Å²) in [5.74, 6) is 0.711. The molecule has 5 rings (SSSR count). The maximum absolute atomic E-state index is 13.9. The third kappa shape index (κ3) is 5.52. The molecule has 0 saturated carbocycles. The van der Waals surface area contributed by atoms with Gasteiger partial charge in [0, 0.05) is 33.8 Å². The van der Waals surface area contributed by atoms with Gasteiger partial charge < -0.3 is 13.9 Å². The molecule has 0 aliphatic carbocycles. The molecule has 1 aliphatic rings. The van der Waals surface area contributed by atoms with E-state index < -0.39 is 16.9 Å². The van der Waals surface area contributed by atoms with Crippen molar-refractivity contribution < 1.29 is 23.6 Å². The molecule has 0 fully saturated rings. The Balaban J connectivity index is 1.66. The zero-order chi connectivity index (χ0) is 29.4. The molecular weight excluding hydrogens is 614 g/mol. The number of carbonyl (C=O) groups is 1. The van der Waals surface area contributed by atoms with Gasteiger partial charge in [-0.15, -0.1) is 0 Å². The summed E-state index contributed by atoms with van der Waals surface area (Å²) in [6.45, 7) is 5.22. The first-order valence-corrected chi connectivity index (χ1v) is 14.1. The van der Waals surface area contributed by atoms with Crippen LogP contribution < -0.4 is 19.6 Å². The minimum Gasteiger partial charge on any atom is -0.496 e. The molecule has 1 atom stereocenters. The van der Waals surface area contributed by atoms with E-state index in [1.807, 2.05) is 6.07 Å². The van der Waals surface area contributed by atoms with E-state index in [2.05, 4.69) is 20.9 Å². The molecule has 41 heavy (non-hydrogen) atoms. The molecule has 3 heterocycles. The number of thiazole rings is 1. The Morgan fingerprint density at radius 2 is 2.00 bits per heavy atom. The number of halogens is 1. The van der Waals surface area contributed by atoms with Crippen molar-refractivity contribution in [3.05, 3.63) is 111 Å². The quantitative estimate of drug-likeness (QED) is 0.156. The zero-order valence-electron chi connectivity index (χ0n) is 22.4. The Bertz CT molecular complexity index is 1900. The summed E-state index contributed by atoms with van der Waals surface area (Å²) in [5, 5.41) is 11.2. The Labute approximate surface area is 246 Å². The van der Waals surface area contributed by atoms with Crippen LogP contribution in [0.4, 0.5) is 5.69 Å². The van der Waals surface area contributed by atoms with E-state index in [4.69, 9.17) is 13.9 Å². The second-order valence-corrected chi connectivity index (χ2v) is 11.4. The van der Waals surface area contributed by atoms with Crippen molar-refractivity contribution in [3.8, 4) is 17.1 Å². The summed E-state index contributed by atoms with van der Waals surface area (Å²) in [6, 6.07) is 14.0. The van der Waals surface area contributed by atoms with E-state index in [0.717, 1.165) is 15.8 Å². The number of aromatic nitrogens is 1. The van der Waals surface area contributed by atoms with Crippen LogP contribution in [0, 0.1) is 10.1 Å². The summed E-state index contributed by atoms with van der Waals surface area (Å²) in [6.07, 6.45) is 1.21. The third-order valence-electron chi connectivity index (χ3n) is 6.31. The lowest BCUT2D eigenvalue weighted by molar-refractivity contribution is -0.384. The SMILES string of the molecule is COc1ccc(Br)cc1[C@@H]1C(C(=O)OC(C)C)=C(C)N=c2s/c(=C\c3ccc(-c4cccc([N+](=O)[O-])c4)o3)c(=O)n21. The molecule has 0 bridgehead atoms. The number of nitro benzene ring substituents is 1. The number of rotatable bonds is 7. The highest BCUT2D eigenvalue weighted by Gasteiger charge is 2.35. The van der Waals surface area contributed by atoms with Crippen molar-refractivity contribution >= 4 is 45.0 Å². The normalized spacial score (nSPS) is 15.1. The third-order valence-corrected chi connectivity index (χ3v) is 7.79. The molecule has 210 valence electrons. The van der Waals surface area contributed by atoms with Crippen LogP contribution in [-0.4, -0.2) is 28.7 Å². The molecule has 1 aliphatic heterocycles. The molecule has 0 spiro atoms. The fourth-order valence-electron chi connectivity index (χ4n) is 4.56. The van der Waals surface area contributed by atoms with Crippen molar-refractivity contribution in [2.24, 2.45) is 4.99 Å². The number of carbonyl (C=O) groups excluding carboxylic acids is 1. The minimum absolute atomic E-state index is 0.0566. The number of methoxy groups -OCH3 is 1. The summed E-state index contributed by atoms with van der Waals surface area (Å²) in [7, 11) is 1.52. The molecule has 10 nitrogen and oxygen atoms in total. The van der Waals surface area contributed by atoms with Crippen LogP contribution in [0.15, 0.2) is 84.5 Å². The first-order chi connectivity index (χ1) is 19.6. The van der Waals surface area contributed by atoms with E-state index in [-0.39, 0.29) is 22.9 Å². The van der Waals surface area contributed by atoms with Crippen LogP contribution in [0.2, 0.25) is 0 Å². The van der Waals surface area contributed by atoms with Gasteiger partial charge in [-0.1, -0.05) is 39.4 Å². The van der Waals surface area contributed by atoms with E-state index in [1.54, 1.807) is 63.2 Å². The number of benzene rings is 2. The van der Waals surface area contributed by atoms with Crippen molar-refractivity contribution in [3.63, 3.8) is 0 Å². The van der Waals surface area contributed by atoms with Gasteiger partial charge in [0.15, 0.2) is 4.80 Å². The topological polar surface area (TPSA) is 126 Å². The van der Waals surface area contributed by atoms with E-state index >= 15 is 0 Å². The maximum atomic E-state index is 13.9. The summed E-state index contributed by atoms with van der Waals surface area (Å²) in [5.41, 5.74) is 1.35. The van der Waals surface area contributed by atoms with E-state index in [9.17, 15) is 19.7 Å². The fourth-order valence-corrected chi connectivity index (χ4v) is 5.97. The smallest absolute Gasteiger partial charge is 0.338 e. The lowest BCUT2D eigenvalue weighted by Crippen LogP contribution is -2.40. The van der Waals surface area contributed by atoms with Crippen molar-refractivity contribution in [1.82, 2.24) is 4.57 Å². The summed E-state index contributed by atoms with van der Waals surface area (Å²) >= 11 is 4.65. The van der Waals surface area contributed by atoms with Gasteiger partial charge in [0.25, 0.3) is 11.2 Å². The molecular formula is C29H24BrN3O7S. The Morgan fingerprint density at radius 3 is 2.71 bits per heavy atom.